The predicted octanol–water partition coefficient (Wildman–Crippen LogP) is 3.95. The molecule has 0 aliphatic carbocycles. The minimum absolute atomic E-state index is 0.107. The zero-order valence-corrected chi connectivity index (χ0v) is 13.7. The summed E-state index contributed by atoms with van der Waals surface area (Å²) < 4.78 is 18.9. The fourth-order valence-corrected chi connectivity index (χ4v) is 2.53. The summed E-state index contributed by atoms with van der Waals surface area (Å²) in [6.45, 7) is 3.91. The number of carbonyl (C=O) groups is 1. The molecule has 2 aromatic carbocycles. The number of methoxy groups -OCH3 is 1. The molecule has 0 saturated carbocycles. The van der Waals surface area contributed by atoms with Gasteiger partial charge in [-0.3, -0.25) is 4.79 Å². The minimum atomic E-state index is -0.270. The highest BCUT2D eigenvalue weighted by atomic mass is 19.1. The molecule has 0 heterocycles. The normalized spacial score (nSPS) is 11.8. The number of ether oxygens (including phenoxy) is 1. The first-order valence-electron chi connectivity index (χ1n) is 7.68. The Bertz CT molecular complexity index is 685. The van der Waals surface area contributed by atoms with E-state index in [0.717, 1.165) is 16.9 Å². The highest BCUT2D eigenvalue weighted by Crippen LogP contribution is 2.26. The summed E-state index contributed by atoms with van der Waals surface area (Å²) in [6.07, 6.45) is 0.635. The van der Waals surface area contributed by atoms with Gasteiger partial charge in [0.05, 0.1) is 13.2 Å². The second kappa shape index (κ2) is 7.77. The Labute approximate surface area is 136 Å². The van der Waals surface area contributed by atoms with E-state index in [-0.39, 0.29) is 24.2 Å². The highest BCUT2D eigenvalue weighted by Gasteiger charge is 2.14. The fourth-order valence-electron chi connectivity index (χ4n) is 2.53. The number of carbonyl (C=O) groups excluding carboxylic acids is 1. The minimum Gasteiger partial charge on any atom is -0.496 e. The van der Waals surface area contributed by atoms with Crippen molar-refractivity contribution in [1.29, 1.82) is 0 Å². The molecular formula is C19H22FNO2. The number of hydrogen-bond acceptors (Lipinski definition) is 2. The first-order valence-corrected chi connectivity index (χ1v) is 7.68. The van der Waals surface area contributed by atoms with Crippen LogP contribution in [-0.4, -0.2) is 13.0 Å². The van der Waals surface area contributed by atoms with Crippen LogP contribution in [0.4, 0.5) is 4.39 Å². The van der Waals surface area contributed by atoms with Crippen molar-refractivity contribution in [3.63, 3.8) is 0 Å². The summed E-state index contributed by atoms with van der Waals surface area (Å²) >= 11 is 0. The van der Waals surface area contributed by atoms with Crippen molar-refractivity contribution in [3.8, 4) is 5.75 Å². The van der Waals surface area contributed by atoms with Crippen LogP contribution >= 0.6 is 0 Å². The summed E-state index contributed by atoms with van der Waals surface area (Å²) in [5.41, 5.74) is 2.60. The van der Waals surface area contributed by atoms with Crippen LogP contribution < -0.4 is 10.1 Å². The zero-order valence-electron chi connectivity index (χ0n) is 13.7. The van der Waals surface area contributed by atoms with Crippen molar-refractivity contribution in [2.45, 2.75) is 32.7 Å². The lowest BCUT2D eigenvalue weighted by Crippen LogP contribution is -2.27. The quantitative estimate of drug-likeness (QED) is 0.876. The molecule has 4 heteroatoms. The van der Waals surface area contributed by atoms with E-state index in [0.29, 0.717) is 12.0 Å². The Kier molecular flexibility index (Phi) is 5.74. The van der Waals surface area contributed by atoms with E-state index in [9.17, 15) is 9.18 Å². The monoisotopic (exact) mass is 315 g/mol. The summed E-state index contributed by atoms with van der Waals surface area (Å²) in [6, 6.07) is 12.2. The van der Waals surface area contributed by atoms with Crippen LogP contribution in [0.5, 0.6) is 5.75 Å². The molecule has 1 atom stereocenters. The molecule has 0 saturated heterocycles. The standard InChI is InChI=1S/C19H22FNO2/c1-13-8-10-18(23-3)16(12-13)14(2)21-19(22)11-9-15-6-4-5-7-17(15)20/h4-8,10,12,14H,9,11H2,1-3H3,(H,21,22). The Morgan fingerprint density at radius 3 is 2.70 bits per heavy atom. The van der Waals surface area contributed by atoms with Gasteiger partial charge in [-0.1, -0.05) is 35.9 Å². The van der Waals surface area contributed by atoms with Gasteiger partial charge < -0.3 is 10.1 Å². The summed E-state index contributed by atoms with van der Waals surface area (Å²) in [4.78, 5) is 12.1. The number of nitrogens with one attached hydrogen (secondary N) is 1. The smallest absolute Gasteiger partial charge is 0.220 e. The molecule has 23 heavy (non-hydrogen) atoms. The second-order valence-corrected chi connectivity index (χ2v) is 5.63. The third-order valence-electron chi connectivity index (χ3n) is 3.81. The molecule has 0 radical (unpaired) electrons. The molecule has 0 bridgehead atoms. The van der Waals surface area contributed by atoms with E-state index in [4.69, 9.17) is 4.74 Å². The Balaban J connectivity index is 1.97. The van der Waals surface area contributed by atoms with Crippen LogP contribution in [0, 0.1) is 12.7 Å². The van der Waals surface area contributed by atoms with Gasteiger partial charge in [0.25, 0.3) is 0 Å². The number of aryl methyl sites for hydroxylation is 2. The molecular weight excluding hydrogens is 293 g/mol. The van der Waals surface area contributed by atoms with Crippen LogP contribution in [0.25, 0.3) is 0 Å². The van der Waals surface area contributed by atoms with E-state index >= 15 is 0 Å². The molecule has 0 aliphatic heterocycles. The van der Waals surface area contributed by atoms with Crippen molar-refractivity contribution in [2.24, 2.45) is 0 Å². The van der Waals surface area contributed by atoms with Gasteiger partial charge in [0, 0.05) is 12.0 Å². The van der Waals surface area contributed by atoms with Gasteiger partial charge in [-0.2, -0.15) is 0 Å². The first-order chi connectivity index (χ1) is 11.0. The number of rotatable bonds is 6. The molecule has 0 aromatic heterocycles. The van der Waals surface area contributed by atoms with E-state index in [1.54, 1.807) is 25.3 Å². The van der Waals surface area contributed by atoms with E-state index < -0.39 is 0 Å². The molecule has 1 amide bonds. The summed E-state index contributed by atoms with van der Waals surface area (Å²) in [5, 5.41) is 2.95. The average molecular weight is 315 g/mol. The maximum atomic E-state index is 13.6. The summed E-state index contributed by atoms with van der Waals surface area (Å²) in [7, 11) is 1.61. The molecule has 3 nitrogen and oxygen atoms in total. The van der Waals surface area contributed by atoms with Crippen LogP contribution in [0.3, 0.4) is 0 Å². The number of hydrogen-bond donors (Lipinski definition) is 1. The van der Waals surface area contributed by atoms with Gasteiger partial charge in [-0.15, -0.1) is 0 Å². The van der Waals surface area contributed by atoms with Crippen molar-refractivity contribution in [1.82, 2.24) is 5.32 Å². The Morgan fingerprint density at radius 2 is 2.00 bits per heavy atom. The first kappa shape index (κ1) is 17.0. The van der Waals surface area contributed by atoms with Crippen LogP contribution in [0.1, 0.15) is 36.1 Å². The zero-order chi connectivity index (χ0) is 16.8. The molecule has 0 aliphatic rings. The van der Waals surface area contributed by atoms with Crippen molar-refractivity contribution < 1.29 is 13.9 Å². The van der Waals surface area contributed by atoms with Gasteiger partial charge in [0.15, 0.2) is 0 Å². The van der Waals surface area contributed by atoms with Crippen LogP contribution in [0.2, 0.25) is 0 Å². The molecule has 2 rings (SSSR count). The Hall–Kier alpha value is -2.36. The van der Waals surface area contributed by atoms with Crippen molar-refractivity contribution >= 4 is 5.91 Å². The SMILES string of the molecule is COc1ccc(C)cc1C(C)NC(=O)CCc1ccccc1F. The maximum absolute atomic E-state index is 13.6. The number of halogens is 1. The topological polar surface area (TPSA) is 38.3 Å². The average Bonchev–Trinajstić information content (AvgIpc) is 2.54. The third-order valence-corrected chi connectivity index (χ3v) is 3.81. The highest BCUT2D eigenvalue weighted by molar-refractivity contribution is 5.76. The van der Waals surface area contributed by atoms with Gasteiger partial charge >= 0.3 is 0 Å². The van der Waals surface area contributed by atoms with E-state index in [1.807, 2.05) is 32.0 Å². The molecule has 2 aromatic rings. The lowest BCUT2D eigenvalue weighted by molar-refractivity contribution is -0.121. The van der Waals surface area contributed by atoms with Crippen molar-refractivity contribution in [2.75, 3.05) is 7.11 Å². The predicted molar refractivity (Wildman–Crippen MR) is 89.0 cm³/mol. The molecule has 0 spiro atoms. The molecule has 0 fully saturated rings. The Morgan fingerprint density at radius 1 is 1.26 bits per heavy atom. The van der Waals surface area contributed by atoms with Gasteiger partial charge in [0.1, 0.15) is 11.6 Å². The number of benzene rings is 2. The summed E-state index contributed by atoms with van der Waals surface area (Å²) in [5.74, 6) is 0.371. The lowest BCUT2D eigenvalue weighted by Gasteiger charge is -2.18. The fraction of sp³-hybridized carbons (Fsp3) is 0.316. The van der Waals surface area contributed by atoms with E-state index in [1.165, 1.54) is 6.07 Å². The van der Waals surface area contributed by atoms with E-state index in [2.05, 4.69) is 5.32 Å². The maximum Gasteiger partial charge on any atom is 0.220 e. The van der Waals surface area contributed by atoms with Gasteiger partial charge in [-0.25, -0.2) is 4.39 Å². The largest absolute Gasteiger partial charge is 0.496 e. The van der Waals surface area contributed by atoms with Crippen LogP contribution in [0.15, 0.2) is 42.5 Å². The number of amides is 1. The molecule has 1 unspecified atom stereocenters. The molecule has 1 N–H and O–H groups in total. The third kappa shape index (κ3) is 4.55. The van der Waals surface area contributed by atoms with Crippen molar-refractivity contribution in [3.05, 3.63) is 65.0 Å². The van der Waals surface area contributed by atoms with Gasteiger partial charge in [0.2, 0.25) is 5.91 Å². The molecule has 122 valence electrons. The lowest BCUT2D eigenvalue weighted by atomic mass is 10.0. The second-order valence-electron chi connectivity index (χ2n) is 5.63. The van der Waals surface area contributed by atoms with Crippen LogP contribution in [-0.2, 0) is 11.2 Å². The van der Waals surface area contributed by atoms with Gasteiger partial charge in [-0.05, 0) is 38.0 Å².